The molecular weight excluding hydrogens is 447 g/mol. The molecule has 2 fully saturated rings. The fraction of sp³-hybridized carbons (Fsp3) is 0.409. The summed E-state index contributed by atoms with van der Waals surface area (Å²) in [6.07, 6.45) is -4.76. The van der Waals surface area contributed by atoms with E-state index in [9.17, 15) is 18.0 Å². The molecule has 0 aliphatic carbocycles. The lowest BCUT2D eigenvalue weighted by molar-refractivity contribution is -0.274. The number of ether oxygens (including phenoxy) is 2. The van der Waals surface area contributed by atoms with Crippen LogP contribution < -0.4 is 14.5 Å². The number of rotatable bonds is 5. The first kappa shape index (κ1) is 22.7. The maximum absolute atomic E-state index is 12.8. The molecule has 0 radical (unpaired) electrons. The Morgan fingerprint density at radius 2 is 1.53 bits per heavy atom. The molecule has 6 nitrogen and oxygen atoms in total. The van der Waals surface area contributed by atoms with Crippen LogP contribution in [0.15, 0.2) is 48.5 Å². The Morgan fingerprint density at radius 1 is 0.938 bits per heavy atom. The van der Waals surface area contributed by atoms with Gasteiger partial charge in [0.15, 0.2) is 6.23 Å². The minimum Gasteiger partial charge on any atom is -0.406 e. The number of anilines is 2. The number of alkyl halides is 3. The summed E-state index contributed by atoms with van der Waals surface area (Å²) in [6.45, 7) is 2.77. The summed E-state index contributed by atoms with van der Waals surface area (Å²) in [5.41, 5.74) is 1.57. The summed E-state index contributed by atoms with van der Waals surface area (Å²) >= 11 is 5.97. The molecule has 172 valence electrons. The zero-order valence-corrected chi connectivity index (χ0v) is 18.1. The minimum absolute atomic E-state index is 0.00754. The fourth-order valence-electron chi connectivity index (χ4n) is 4.33. The van der Waals surface area contributed by atoms with Crippen molar-refractivity contribution in [2.24, 2.45) is 0 Å². The highest BCUT2D eigenvalue weighted by molar-refractivity contribution is 6.30. The van der Waals surface area contributed by atoms with Gasteiger partial charge in [-0.3, -0.25) is 14.6 Å². The van der Waals surface area contributed by atoms with Gasteiger partial charge in [-0.15, -0.1) is 13.2 Å². The first-order chi connectivity index (χ1) is 15.2. The van der Waals surface area contributed by atoms with Gasteiger partial charge in [-0.1, -0.05) is 11.6 Å². The van der Waals surface area contributed by atoms with Gasteiger partial charge in [0.1, 0.15) is 5.75 Å². The molecule has 10 heteroatoms. The number of hydrogen-bond acceptors (Lipinski definition) is 5. The van der Waals surface area contributed by atoms with E-state index in [1.54, 1.807) is 48.4 Å². The Hall–Kier alpha value is -2.49. The van der Waals surface area contributed by atoms with Gasteiger partial charge in [0.05, 0.1) is 6.04 Å². The van der Waals surface area contributed by atoms with Crippen LogP contribution >= 0.6 is 11.6 Å². The van der Waals surface area contributed by atoms with Crippen LogP contribution in [0.1, 0.15) is 6.42 Å². The van der Waals surface area contributed by atoms with Crippen molar-refractivity contribution in [3.63, 3.8) is 0 Å². The van der Waals surface area contributed by atoms with E-state index in [4.69, 9.17) is 16.3 Å². The monoisotopic (exact) mass is 469 g/mol. The van der Waals surface area contributed by atoms with Gasteiger partial charge in [0.25, 0.3) is 0 Å². The minimum atomic E-state index is -4.70. The molecule has 2 saturated heterocycles. The van der Waals surface area contributed by atoms with Crippen molar-refractivity contribution < 1.29 is 27.4 Å². The Morgan fingerprint density at radius 3 is 2.09 bits per heavy atom. The highest BCUT2D eigenvalue weighted by Crippen LogP contribution is 2.32. The lowest BCUT2D eigenvalue weighted by Crippen LogP contribution is -2.54. The average molecular weight is 470 g/mol. The van der Waals surface area contributed by atoms with Crippen LogP contribution in [0.2, 0.25) is 5.02 Å². The summed E-state index contributed by atoms with van der Waals surface area (Å²) in [5, 5.41) is 0.597. The Labute approximate surface area is 189 Å². The first-order valence-corrected chi connectivity index (χ1v) is 10.6. The van der Waals surface area contributed by atoms with Crippen LogP contribution in [0.4, 0.5) is 24.5 Å². The van der Waals surface area contributed by atoms with E-state index in [1.165, 1.54) is 12.1 Å². The molecular formula is C22H23ClF3N3O3. The van der Waals surface area contributed by atoms with Crippen molar-refractivity contribution in [1.29, 1.82) is 0 Å². The van der Waals surface area contributed by atoms with E-state index in [0.717, 1.165) is 11.4 Å². The van der Waals surface area contributed by atoms with E-state index in [-0.39, 0.29) is 17.7 Å². The zero-order chi connectivity index (χ0) is 22.9. The predicted molar refractivity (Wildman–Crippen MR) is 115 cm³/mol. The second kappa shape index (κ2) is 9.17. The second-order valence-electron chi connectivity index (χ2n) is 7.70. The third-order valence-corrected chi connectivity index (χ3v) is 6.05. The number of hydrogen-bond donors (Lipinski definition) is 0. The van der Waals surface area contributed by atoms with Crippen molar-refractivity contribution in [2.45, 2.75) is 25.1 Å². The molecule has 0 aromatic heterocycles. The van der Waals surface area contributed by atoms with Gasteiger partial charge in [0, 0.05) is 56.1 Å². The fourth-order valence-corrected chi connectivity index (χ4v) is 4.45. The highest BCUT2D eigenvalue weighted by atomic mass is 35.5. The molecule has 0 saturated carbocycles. The molecule has 2 aromatic rings. The topological polar surface area (TPSA) is 45.3 Å². The SMILES string of the molecule is COC1C(N2CCN(c3ccc(OC(F)(F)F)cc3)CC2)CC(=O)N1c1ccc(Cl)cc1. The van der Waals surface area contributed by atoms with E-state index in [1.807, 2.05) is 0 Å². The smallest absolute Gasteiger partial charge is 0.406 e. The lowest BCUT2D eigenvalue weighted by Gasteiger charge is -2.40. The number of carbonyl (C=O) groups excluding carboxylic acids is 1. The number of nitrogens with zero attached hydrogens (tertiary/aromatic N) is 3. The van der Waals surface area contributed by atoms with E-state index in [2.05, 4.69) is 14.5 Å². The number of amides is 1. The number of methoxy groups -OCH3 is 1. The number of halogens is 4. The maximum atomic E-state index is 12.8. The summed E-state index contributed by atoms with van der Waals surface area (Å²) in [5.74, 6) is -0.249. The van der Waals surface area contributed by atoms with Gasteiger partial charge < -0.3 is 14.4 Å². The molecule has 1 amide bonds. The zero-order valence-electron chi connectivity index (χ0n) is 17.4. The van der Waals surface area contributed by atoms with Crippen molar-refractivity contribution in [3.8, 4) is 5.75 Å². The molecule has 2 heterocycles. The van der Waals surface area contributed by atoms with Crippen LogP contribution in [0, 0.1) is 0 Å². The van der Waals surface area contributed by atoms with Crippen LogP contribution in [-0.2, 0) is 9.53 Å². The van der Waals surface area contributed by atoms with Crippen LogP contribution in [0.3, 0.4) is 0 Å². The van der Waals surface area contributed by atoms with Gasteiger partial charge in [-0.05, 0) is 48.5 Å². The molecule has 2 atom stereocenters. The van der Waals surface area contributed by atoms with Crippen molar-refractivity contribution >= 4 is 28.9 Å². The Balaban J connectivity index is 1.39. The molecule has 2 aromatic carbocycles. The van der Waals surface area contributed by atoms with Gasteiger partial charge in [-0.2, -0.15) is 0 Å². The summed E-state index contributed by atoms with van der Waals surface area (Å²) in [7, 11) is 1.60. The largest absolute Gasteiger partial charge is 0.573 e. The quantitative estimate of drug-likeness (QED) is 0.658. The lowest BCUT2D eigenvalue weighted by atomic mass is 10.1. The van der Waals surface area contributed by atoms with Gasteiger partial charge in [-0.25, -0.2) is 0 Å². The first-order valence-electron chi connectivity index (χ1n) is 10.2. The number of carbonyl (C=O) groups is 1. The van der Waals surface area contributed by atoms with Crippen LogP contribution in [0.25, 0.3) is 0 Å². The van der Waals surface area contributed by atoms with E-state index >= 15 is 0 Å². The molecule has 0 bridgehead atoms. The van der Waals surface area contributed by atoms with Crippen LogP contribution in [-0.4, -0.2) is 62.7 Å². The number of benzene rings is 2. The van der Waals surface area contributed by atoms with Crippen molar-refractivity contribution in [3.05, 3.63) is 53.6 Å². The third kappa shape index (κ3) is 4.95. The molecule has 0 spiro atoms. The van der Waals surface area contributed by atoms with Crippen molar-refractivity contribution in [1.82, 2.24) is 4.90 Å². The average Bonchev–Trinajstić information content (AvgIpc) is 3.10. The highest BCUT2D eigenvalue weighted by Gasteiger charge is 2.44. The van der Waals surface area contributed by atoms with Crippen LogP contribution in [0.5, 0.6) is 5.75 Å². The molecule has 32 heavy (non-hydrogen) atoms. The second-order valence-corrected chi connectivity index (χ2v) is 8.14. The molecule has 2 aliphatic rings. The Bertz CT molecular complexity index is 932. The molecule has 0 N–H and O–H groups in total. The molecule has 4 rings (SSSR count). The van der Waals surface area contributed by atoms with Crippen molar-refractivity contribution in [2.75, 3.05) is 43.1 Å². The number of piperazine rings is 1. The molecule has 2 unspecified atom stereocenters. The summed E-state index contributed by atoms with van der Waals surface area (Å²) in [6, 6.07) is 12.9. The normalized spacial score (nSPS) is 22.5. The van der Waals surface area contributed by atoms with Gasteiger partial charge in [0.2, 0.25) is 5.91 Å². The Kier molecular flexibility index (Phi) is 6.50. The van der Waals surface area contributed by atoms with E-state index < -0.39 is 12.6 Å². The van der Waals surface area contributed by atoms with Gasteiger partial charge >= 0.3 is 6.36 Å². The van der Waals surface area contributed by atoms with E-state index in [0.29, 0.717) is 37.6 Å². The third-order valence-electron chi connectivity index (χ3n) is 5.80. The molecule has 2 aliphatic heterocycles. The summed E-state index contributed by atoms with van der Waals surface area (Å²) < 4.78 is 46.7. The standard InChI is InChI=1S/C22H23ClF3N3O3/c1-31-21-19(14-20(30)29(21)17-4-2-15(23)3-5-17)28-12-10-27(11-13-28)16-6-8-18(9-7-16)32-22(24,25)26/h2-9,19,21H,10-14H2,1H3. The summed E-state index contributed by atoms with van der Waals surface area (Å²) in [4.78, 5) is 18.8. The predicted octanol–water partition coefficient (Wildman–Crippen LogP) is 4.14. The maximum Gasteiger partial charge on any atom is 0.573 e.